The molecule has 0 radical (unpaired) electrons. The molecule has 29 heavy (non-hydrogen) atoms. The predicted molar refractivity (Wildman–Crippen MR) is 124 cm³/mol. The second-order valence-corrected chi connectivity index (χ2v) is 13.3. The number of aliphatic hydroxyl groups excluding tert-OH is 1. The number of rotatable bonds is 6. The van der Waals surface area contributed by atoms with Gasteiger partial charge in [-0.25, -0.2) is 0 Å². The maximum atomic E-state index is 10.7. The summed E-state index contributed by atoms with van der Waals surface area (Å²) in [4.78, 5) is 0. The van der Waals surface area contributed by atoms with Gasteiger partial charge in [0.1, 0.15) is 0 Å². The van der Waals surface area contributed by atoms with Crippen molar-refractivity contribution in [3.63, 3.8) is 0 Å². The minimum atomic E-state index is -0.395. The monoisotopic (exact) mass is 440 g/mol. The zero-order valence-corrected chi connectivity index (χ0v) is 19.9. The Morgan fingerprint density at radius 1 is 1.00 bits per heavy atom. The van der Waals surface area contributed by atoms with Gasteiger partial charge < -0.3 is 14.6 Å². The lowest BCUT2D eigenvalue weighted by Gasteiger charge is -2.45. The van der Waals surface area contributed by atoms with Gasteiger partial charge in [0.2, 0.25) is 0 Å². The van der Waals surface area contributed by atoms with Crippen LogP contribution in [0.4, 0.5) is 0 Å². The van der Waals surface area contributed by atoms with Crippen LogP contribution in [0.5, 0.6) is 0 Å². The van der Waals surface area contributed by atoms with Crippen LogP contribution in [0.25, 0.3) is 0 Å². The molecule has 0 aromatic heterocycles. The Labute approximate surface area is 186 Å². The van der Waals surface area contributed by atoms with E-state index < -0.39 is 5.79 Å². The molecule has 0 aromatic rings. The van der Waals surface area contributed by atoms with Crippen molar-refractivity contribution in [1.82, 2.24) is 0 Å². The summed E-state index contributed by atoms with van der Waals surface area (Å²) in [6, 6.07) is 0. The standard InChI is InChI=1S/C24H40O3S2/c1-23(2)16-26-24(27-17-23)13-12-18(20(24)9-11-22-28-14-15-29-22)8-10-21(25)19-6-4-3-5-7-19/h8,10,18-22,25H,3-7,9,11-17H2,1-2H3/b10-8+. The fourth-order valence-electron chi connectivity index (χ4n) is 5.60. The summed E-state index contributed by atoms with van der Waals surface area (Å²) in [5.74, 6) is 3.53. The molecule has 2 aliphatic carbocycles. The van der Waals surface area contributed by atoms with Crippen LogP contribution in [0, 0.1) is 23.2 Å². The Balaban J connectivity index is 1.42. The molecule has 2 aliphatic heterocycles. The normalized spacial score (nSPS) is 34.3. The molecule has 5 heteroatoms. The number of thioether (sulfide) groups is 2. The molecule has 166 valence electrons. The van der Waals surface area contributed by atoms with Gasteiger partial charge in [0.05, 0.1) is 23.9 Å². The summed E-state index contributed by atoms with van der Waals surface area (Å²) in [6.07, 6.45) is 14.9. The highest BCUT2D eigenvalue weighted by molar-refractivity contribution is 8.20. The Morgan fingerprint density at radius 3 is 2.38 bits per heavy atom. The zero-order valence-electron chi connectivity index (χ0n) is 18.3. The molecule has 0 amide bonds. The van der Waals surface area contributed by atoms with E-state index in [1.54, 1.807) is 0 Å². The van der Waals surface area contributed by atoms with E-state index in [4.69, 9.17) is 9.47 Å². The fourth-order valence-corrected chi connectivity index (χ4v) is 8.46. The van der Waals surface area contributed by atoms with Crippen molar-refractivity contribution in [2.75, 3.05) is 24.7 Å². The SMILES string of the molecule is CC1(C)COC2(CCC(/C=C/C(O)C3CCCCC3)C2CCC2SCCS2)OC1. The number of allylic oxidation sites excluding steroid dienone is 1. The first-order valence-electron chi connectivity index (χ1n) is 11.8. The molecule has 4 fully saturated rings. The average molecular weight is 441 g/mol. The summed E-state index contributed by atoms with van der Waals surface area (Å²) in [7, 11) is 0. The summed E-state index contributed by atoms with van der Waals surface area (Å²) in [5, 5.41) is 10.7. The van der Waals surface area contributed by atoms with Gasteiger partial charge in [0.25, 0.3) is 0 Å². The zero-order chi connectivity index (χ0) is 20.3. The predicted octanol–water partition coefficient (Wildman–Crippen LogP) is 5.87. The average Bonchev–Trinajstić information content (AvgIpc) is 3.36. The Hall–Kier alpha value is 0.320. The molecule has 2 heterocycles. The molecule has 3 atom stereocenters. The minimum Gasteiger partial charge on any atom is -0.389 e. The first kappa shape index (κ1) is 22.5. The van der Waals surface area contributed by atoms with Crippen LogP contribution in [-0.2, 0) is 9.47 Å². The number of hydrogen-bond acceptors (Lipinski definition) is 5. The van der Waals surface area contributed by atoms with E-state index in [2.05, 4.69) is 49.5 Å². The van der Waals surface area contributed by atoms with Crippen molar-refractivity contribution >= 4 is 23.5 Å². The molecule has 4 aliphatic rings. The Bertz CT molecular complexity index is 542. The summed E-state index contributed by atoms with van der Waals surface area (Å²) in [6.45, 7) is 6.04. The lowest BCUT2D eigenvalue weighted by atomic mass is 9.83. The maximum Gasteiger partial charge on any atom is 0.171 e. The highest BCUT2D eigenvalue weighted by atomic mass is 32.2. The second-order valence-electron chi connectivity index (χ2n) is 10.4. The van der Waals surface area contributed by atoms with E-state index in [-0.39, 0.29) is 11.5 Å². The maximum absolute atomic E-state index is 10.7. The fraction of sp³-hybridized carbons (Fsp3) is 0.917. The third-order valence-corrected chi connectivity index (χ3v) is 10.6. The van der Waals surface area contributed by atoms with Crippen LogP contribution >= 0.6 is 23.5 Å². The lowest BCUT2D eigenvalue weighted by molar-refractivity contribution is -0.316. The summed E-state index contributed by atoms with van der Waals surface area (Å²) in [5.41, 5.74) is 0.109. The van der Waals surface area contributed by atoms with Crippen molar-refractivity contribution in [1.29, 1.82) is 0 Å². The lowest BCUT2D eigenvalue weighted by Crippen LogP contribution is -2.50. The van der Waals surface area contributed by atoms with Crippen molar-refractivity contribution in [2.24, 2.45) is 23.2 Å². The van der Waals surface area contributed by atoms with Crippen molar-refractivity contribution in [2.45, 2.75) is 88.1 Å². The van der Waals surface area contributed by atoms with E-state index in [1.807, 2.05) is 0 Å². The van der Waals surface area contributed by atoms with Crippen LogP contribution in [0.1, 0.15) is 71.6 Å². The van der Waals surface area contributed by atoms with Crippen LogP contribution in [0.2, 0.25) is 0 Å². The quantitative estimate of drug-likeness (QED) is 0.523. The van der Waals surface area contributed by atoms with E-state index in [0.717, 1.165) is 30.6 Å². The van der Waals surface area contributed by atoms with Crippen LogP contribution in [-0.4, -0.2) is 46.3 Å². The smallest absolute Gasteiger partial charge is 0.171 e. The molecule has 0 aromatic carbocycles. The van der Waals surface area contributed by atoms with Crippen LogP contribution in [0.3, 0.4) is 0 Å². The van der Waals surface area contributed by atoms with Gasteiger partial charge in [0.15, 0.2) is 5.79 Å². The molecule has 2 saturated carbocycles. The van der Waals surface area contributed by atoms with E-state index in [0.29, 0.717) is 17.8 Å². The molecule has 0 bridgehead atoms. The highest BCUT2D eigenvalue weighted by Gasteiger charge is 2.52. The third-order valence-electron chi connectivity index (χ3n) is 7.41. The summed E-state index contributed by atoms with van der Waals surface area (Å²) < 4.78 is 13.7. The molecule has 4 rings (SSSR count). The van der Waals surface area contributed by atoms with Gasteiger partial charge in [-0.3, -0.25) is 0 Å². The Morgan fingerprint density at radius 2 is 1.69 bits per heavy atom. The van der Waals surface area contributed by atoms with E-state index >= 15 is 0 Å². The van der Waals surface area contributed by atoms with Crippen molar-refractivity contribution < 1.29 is 14.6 Å². The van der Waals surface area contributed by atoms with Crippen LogP contribution < -0.4 is 0 Å². The van der Waals surface area contributed by atoms with Crippen molar-refractivity contribution in [3.8, 4) is 0 Å². The van der Waals surface area contributed by atoms with Crippen molar-refractivity contribution in [3.05, 3.63) is 12.2 Å². The van der Waals surface area contributed by atoms with Gasteiger partial charge in [-0.2, -0.15) is 0 Å². The molecule has 2 saturated heterocycles. The van der Waals surface area contributed by atoms with Gasteiger partial charge in [-0.05, 0) is 43.9 Å². The number of ether oxygens (including phenoxy) is 2. The van der Waals surface area contributed by atoms with Gasteiger partial charge >= 0.3 is 0 Å². The first-order chi connectivity index (χ1) is 14.0. The van der Waals surface area contributed by atoms with Gasteiger partial charge in [-0.1, -0.05) is 45.3 Å². The highest BCUT2D eigenvalue weighted by Crippen LogP contribution is 2.51. The topological polar surface area (TPSA) is 38.7 Å². The molecule has 1 spiro atoms. The van der Waals surface area contributed by atoms with E-state index in [1.165, 1.54) is 56.5 Å². The van der Waals surface area contributed by atoms with Gasteiger partial charge in [0, 0.05) is 29.3 Å². The summed E-state index contributed by atoms with van der Waals surface area (Å²) >= 11 is 4.24. The van der Waals surface area contributed by atoms with E-state index in [9.17, 15) is 5.11 Å². The largest absolute Gasteiger partial charge is 0.389 e. The molecule has 1 N–H and O–H groups in total. The molecular formula is C24H40O3S2. The number of hydrogen-bond donors (Lipinski definition) is 1. The van der Waals surface area contributed by atoms with Gasteiger partial charge in [-0.15, -0.1) is 23.5 Å². The molecule has 3 nitrogen and oxygen atoms in total. The first-order valence-corrected chi connectivity index (χ1v) is 13.9. The molecular weight excluding hydrogens is 400 g/mol. The van der Waals surface area contributed by atoms with Crippen LogP contribution in [0.15, 0.2) is 12.2 Å². The third kappa shape index (κ3) is 5.58. The number of aliphatic hydroxyl groups is 1. The Kier molecular flexibility index (Phi) is 7.65. The molecule has 3 unspecified atom stereocenters. The minimum absolute atomic E-state index is 0.109. The second kappa shape index (κ2) is 9.85.